The van der Waals surface area contributed by atoms with Gasteiger partial charge in [0.05, 0.1) is 24.9 Å². The minimum atomic E-state index is -0.758. The molecule has 0 radical (unpaired) electrons. The number of unbranched alkanes of at least 4 members (excludes halogenated alkanes) is 12. The third kappa shape index (κ3) is 31.6. The highest BCUT2D eigenvalue weighted by Crippen LogP contribution is 2.14. The van der Waals surface area contributed by atoms with Crippen LogP contribution in [-0.2, 0) is 4.79 Å². The maximum absolute atomic E-state index is 12.3. The number of nitrogens with one attached hydrogen (secondary N) is 1. The molecule has 258 valence electrons. The molecule has 45 heavy (non-hydrogen) atoms. The second kappa shape index (κ2) is 34.7. The fourth-order valence-corrected chi connectivity index (χ4v) is 4.99. The molecule has 0 aromatic heterocycles. The predicted molar refractivity (Wildman–Crippen MR) is 194 cm³/mol. The summed E-state index contributed by atoms with van der Waals surface area (Å²) in [6, 6.07) is -0.663. The summed E-state index contributed by atoms with van der Waals surface area (Å²) < 4.78 is 0. The van der Waals surface area contributed by atoms with Crippen LogP contribution in [0.15, 0.2) is 72.9 Å². The van der Waals surface area contributed by atoms with Crippen LogP contribution in [0.2, 0.25) is 0 Å². The molecule has 0 aliphatic rings. The number of hydrogen-bond donors (Lipinski definition) is 4. The highest BCUT2D eigenvalue weighted by molar-refractivity contribution is 5.76. The van der Waals surface area contributed by atoms with Gasteiger partial charge in [0.2, 0.25) is 5.91 Å². The largest absolute Gasteiger partial charge is 0.394 e. The molecule has 0 bridgehead atoms. The molecule has 5 heteroatoms. The van der Waals surface area contributed by atoms with Crippen LogP contribution in [0.1, 0.15) is 149 Å². The van der Waals surface area contributed by atoms with Gasteiger partial charge in [0.15, 0.2) is 0 Å². The smallest absolute Gasteiger partial charge is 0.220 e. The molecule has 0 heterocycles. The van der Waals surface area contributed by atoms with Gasteiger partial charge in [0.25, 0.3) is 0 Å². The molecule has 4 N–H and O–H groups in total. The molecule has 0 fully saturated rings. The standard InChI is InChI=1S/C40H69NO4/c1-3-5-7-9-11-13-15-17-18-19-21-22-24-26-28-30-32-37(43)34-35-40(45)41-38(36-42)39(44)33-31-29-27-25-23-20-16-14-12-10-8-6-4-2/h5,7,11,13,17-18,21-22,26,28,30,32,37-39,42-44H,3-4,6,8-10,12,14-16,19-20,23-25,27,29,31,33-36H2,1-2H3,(H,41,45)/b7-5-,13-11-,18-17-,22-21-,28-26-,32-30-/t37?,38-,39+/m0/s1. The maximum Gasteiger partial charge on any atom is 0.220 e. The molecular weight excluding hydrogens is 558 g/mol. The minimum Gasteiger partial charge on any atom is -0.394 e. The van der Waals surface area contributed by atoms with Gasteiger partial charge in [-0.1, -0.05) is 170 Å². The molecular formula is C40H69NO4. The third-order valence-corrected chi connectivity index (χ3v) is 7.85. The first kappa shape index (κ1) is 42.8. The van der Waals surface area contributed by atoms with Crippen molar-refractivity contribution in [3.05, 3.63) is 72.9 Å². The SMILES string of the molecule is CC/C=C\C/C=C\C/C=C\C/C=C\C/C=C\C=C/C(O)CCC(=O)N[C@@H](CO)[C@H](O)CCCCCCCCCCCCCCC. The average Bonchev–Trinajstić information content (AvgIpc) is 3.04. The normalized spacial score (nSPS) is 14.7. The first-order chi connectivity index (χ1) is 22.0. The van der Waals surface area contributed by atoms with Crippen molar-refractivity contribution < 1.29 is 20.1 Å². The Hall–Kier alpha value is -2.21. The van der Waals surface area contributed by atoms with E-state index in [1.165, 1.54) is 70.6 Å². The van der Waals surface area contributed by atoms with Crippen LogP contribution in [0, 0.1) is 0 Å². The summed E-state index contributed by atoms with van der Waals surface area (Å²) in [6.45, 7) is 4.11. The molecule has 0 aliphatic carbocycles. The van der Waals surface area contributed by atoms with E-state index in [0.29, 0.717) is 12.8 Å². The van der Waals surface area contributed by atoms with Crippen molar-refractivity contribution in [3.63, 3.8) is 0 Å². The summed E-state index contributed by atoms with van der Waals surface area (Å²) in [5, 5.41) is 33.1. The molecule has 0 rings (SSSR count). The summed E-state index contributed by atoms with van der Waals surface area (Å²) in [7, 11) is 0. The third-order valence-electron chi connectivity index (χ3n) is 7.85. The number of carbonyl (C=O) groups is 1. The van der Waals surface area contributed by atoms with Gasteiger partial charge >= 0.3 is 0 Å². The number of aliphatic hydroxyl groups is 3. The summed E-state index contributed by atoms with van der Waals surface area (Å²) >= 11 is 0. The lowest BCUT2D eigenvalue weighted by Crippen LogP contribution is -2.45. The fraction of sp³-hybridized carbons (Fsp3) is 0.675. The van der Waals surface area contributed by atoms with E-state index in [0.717, 1.165) is 44.9 Å². The summed E-state index contributed by atoms with van der Waals surface area (Å²) in [6.07, 6.45) is 45.6. The molecule has 5 nitrogen and oxygen atoms in total. The van der Waals surface area contributed by atoms with Crippen molar-refractivity contribution in [2.75, 3.05) is 6.61 Å². The maximum atomic E-state index is 12.3. The van der Waals surface area contributed by atoms with E-state index in [1.54, 1.807) is 12.2 Å². The van der Waals surface area contributed by atoms with Gasteiger partial charge in [-0.05, 0) is 44.9 Å². The number of aliphatic hydroxyl groups excluding tert-OH is 3. The average molecular weight is 628 g/mol. The van der Waals surface area contributed by atoms with Crippen molar-refractivity contribution in [2.24, 2.45) is 0 Å². The van der Waals surface area contributed by atoms with E-state index in [4.69, 9.17) is 0 Å². The van der Waals surface area contributed by atoms with E-state index in [2.05, 4.69) is 67.8 Å². The summed E-state index contributed by atoms with van der Waals surface area (Å²) in [5.41, 5.74) is 0. The Morgan fingerprint density at radius 2 is 1.07 bits per heavy atom. The summed E-state index contributed by atoms with van der Waals surface area (Å²) in [4.78, 5) is 12.3. The van der Waals surface area contributed by atoms with E-state index < -0.39 is 18.2 Å². The molecule has 0 saturated heterocycles. The van der Waals surface area contributed by atoms with Crippen LogP contribution in [0.25, 0.3) is 0 Å². The Morgan fingerprint density at radius 3 is 1.56 bits per heavy atom. The highest BCUT2D eigenvalue weighted by atomic mass is 16.3. The van der Waals surface area contributed by atoms with Crippen LogP contribution in [0.4, 0.5) is 0 Å². The van der Waals surface area contributed by atoms with E-state index >= 15 is 0 Å². The monoisotopic (exact) mass is 628 g/mol. The molecule has 0 aliphatic heterocycles. The second-order valence-electron chi connectivity index (χ2n) is 12.1. The van der Waals surface area contributed by atoms with Crippen molar-refractivity contribution in [1.82, 2.24) is 5.32 Å². The van der Waals surface area contributed by atoms with Crippen LogP contribution in [0.3, 0.4) is 0 Å². The molecule has 0 saturated carbocycles. The Morgan fingerprint density at radius 1 is 0.600 bits per heavy atom. The van der Waals surface area contributed by atoms with Gasteiger partial charge in [-0.25, -0.2) is 0 Å². The van der Waals surface area contributed by atoms with Gasteiger partial charge < -0.3 is 20.6 Å². The van der Waals surface area contributed by atoms with E-state index in [-0.39, 0.29) is 18.9 Å². The van der Waals surface area contributed by atoms with Crippen LogP contribution in [0.5, 0.6) is 0 Å². The van der Waals surface area contributed by atoms with E-state index in [1.807, 2.05) is 12.2 Å². The molecule has 0 aromatic rings. The highest BCUT2D eigenvalue weighted by Gasteiger charge is 2.20. The number of carbonyl (C=O) groups excluding carboxylic acids is 1. The van der Waals surface area contributed by atoms with E-state index in [9.17, 15) is 20.1 Å². The number of allylic oxidation sites excluding steroid dienone is 11. The summed E-state index contributed by atoms with van der Waals surface area (Å²) in [5.74, 6) is -0.263. The Bertz CT molecular complexity index is 826. The zero-order valence-electron chi connectivity index (χ0n) is 29.0. The Balaban J connectivity index is 3.90. The van der Waals surface area contributed by atoms with Gasteiger partial charge in [-0.3, -0.25) is 4.79 Å². The topological polar surface area (TPSA) is 89.8 Å². The van der Waals surface area contributed by atoms with Crippen LogP contribution >= 0.6 is 0 Å². The lowest BCUT2D eigenvalue weighted by Gasteiger charge is -2.22. The molecule has 0 spiro atoms. The van der Waals surface area contributed by atoms with Crippen LogP contribution < -0.4 is 5.32 Å². The van der Waals surface area contributed by atoms with Gasteiger partial charge in [-0.15, -0.1) is 0 Å². The molecule has 1 amide bonds. The quantitative estimate of drug-likeness (QED) is 0.0350. The van der Waals surface area contributed by atoms with Crippen molar-refractivity contribution in [2.45, 2.75) is 167 Å². The first-order valence-electron chi connectivity index (χ1n) is 18.2. The van der Waals surface area contributed by atoms with Crippen LogP contribution in [-0.4, -0.2) is 46.1 Å². The first-order valence-corrected chi connectivity index (χ1v) is 18.2. The van der Waals surface area contributed by atoms with Crippen molar-refractivity contribution >= 4 is 5.91 Å². The second-order valence-corrected chi connectivity index (χ2v) is 12.1. The van der Waals surface area contributed by atoms with Crippen molar-refractivity contribution in [3.8, 4) is 0 Å². The van der Waals surface area contributed by atoms with Crippen molar-refractivity contribution in [1.29, 1.82) is 0 Å². The van der Waals surface area contributed by atoms with Gasteiger partial charge in [-0.2, -0.15) is 0 Å². The molecule has 1 unspecified atom stereocenters. The molecule has 0 aromatic carbocycles. The minimum absolute atomic E-state index is 0.138. The van der Waals surface area contributed by atoms with Gasteiger partial charge in [0.1, 0.15) is 0 Å². The Kier molecular flexibility index (Phi) is 33.0. The number of rotatable bonds is 31. The zero-order valence-corrected chi connectivity index (χ0v) is 29.0. The predicted octanol–water partition coefficient (Wildman–Crippen LogP) is 9.75. The molecule has 3 atom stereocenters. The fourth-order valence-electron chi connectivity index (χ4n) is 4.99. The zero-order chi connectivity index (χ0) is 33.1. The lowest BCUT2D eigenvalue weighted by molar-refractivity contribution is -0.123. The Labute approximate surface area is 277 Å². The lowest BCUT2D eigenvalue weighted by atomic mass is 10.0. The number of hydrogen-bond acceptors (Lipinski definition) is 4. The van der Waals surface area contributed by atoms with Gasteiger partial charge in [0, 0.05) is 6.42 Å². The number of amides is 1.